The monoisotopic (exact) mass is 269 g/mol. The highest BCUT2D eigenvalue weighted by atomic mass is 35.5. The predicted octanol–water partition coefficient (Wildman–Crippen LogP) is 3.94. The van der Waals surface area contributed by atoms with Crippen LogP contribution in [0.15, 0.2) is 55.4 Å². The summed E-state index contributed by atoms with van der Waals surface area (Å²) in [7, 11) is 0. The van der Waals surface area contributed by atoms with Crippen molar-refractivity contribution in [2.24, 2.45) is 0 Å². The fourth-order valence-electron chi connectivity index (χ4n) is 2.14. The van der Waals surface area contributed by atoms with E-state index in [0.717, 1.165) is 23.3 Å². The maximum absolute atomic E-state index is 5.83. The molecule has 0 spiro atoms. The second kappa shape index (κ2) is 4.86. The highest BCUT2D eigenvalue weighted by molar-refractivity contribution is 6.28. The molecule has 3 aromatic rings. The van der Waals surface area contributed by atoms with Crippen molar-refractivity contribution in [2.75, 3.05) is 0 Å². The summed E-state index contributed by atoms with van der Waals surface area (Å²) in [6.07, 6.45) is 5.61. The molecule has 0 unspecified atom stereocenters. The Morgan fingerprint density at radius 1 is 1.26 bits per heavy atom. The molecule has 0 radical (unpaired) electrons. The van der Waals surface area contributed by atoms with Gasteiger partial charge in [0.2, 0.25) is 5.28 Å². The lowest BCUT2D eigenvalue weighted by atomic mass is 10.1. The van der Waals surface area contributed by atoms with E-state index in [1.165, 1.54) is 5.39 Å². The Kier molecular flexibility index (Phi) is 3.05. The SMILES string of the molecule is C=CCn1ccc2ccc(-c3ccnc(Cl)n3)cc21. The molecule has 0 atom stereocenters. The Bertz CT molecular complexity index is 746. The first-order valence-electron chi connectivity index (χ1n) is 5.96. The van der Waals surface area contributed by atoms with Gasteiger partial charge < -0.3 is 4.57 Å². The van der Waals surface area contributed by atoms with E-state index in [-0.39, 0.29) is 5.28 Å². The van der Waals surface area contributed by atoms with Crippen molar-refractivity contribution in [2.45, 2.75) is 6.54 Å². The minimum absolute atomic E-state index is 0.263. The van der Waals surface area contributed by atoms with Crippen LogP contribution in [0, 0.1) is 0 Å². The number of fused-ring (bicyclic) bond motifs is 1. The van der Waals surface area contributed by atoms with Gasteiger partial charge in [0.15, 0.2) is 0 Å². The molecule has 4 heteroatoms. The molecular formula is C15H12ClN3. The molecule has 94 valence electrons. The first-order valence-corrected chi connectivity index (χ1v) is 6.34. The van der Waals surface area contributed by atoms with Gasteiger partial charge in [0.25, 0.3) is 0 Å². The van der Waals surface area contributed by atoms with Crippen LogP contribution < -0.4 is 0 Å². The lowest BCUT2D eigenvalue weighted by molar-refractivity contribution is 0.865. The third-order valence-corrected chi connectivity index (χ3v) is 3.20. The average molecular weight is 270 g/mol. The van der Waals surface area contributed by atoms with Crippen molar-refractivity contribution in [1.29, 1.82) is 0 Å². The van der Waals surface area contributed by atoms with Gasteiger partial charge in [-0.15, -0.1) is 6.58 Å². The minimum Gasteiger partial charge on any atom is -0.344 e. The summed E-state index contributed by atoms with van der Waals surface area (Å²) < 4.78 is 2.15. The van der Waals surface area contributed by atoms with Crippen LogP contribution in [0.1, 0.15) is 0 Å². The zero-order valence-corrected chi connectivity index (χ0v) is 11.0. The quantitative estimate of drug-likeness (QED) is 0.533. The number of rotatable bonds is 3. The van der Waals surface area contributed by atoms with Gasteiger partial charge in [-0.3, -0.25) is 0 Å². The molecule has 0 aliphatic carbocycles. The van der Waals surface area contributed by atoms with Crippen molar-refractivity contribution in [3.8, 4) is 11.3 Å². The summed E-state index contributed by atoms with van der Waals surface area (Å²) in [6, 6.07) is 10.2. The summed E-state index contributed by atoms with van der Waals surface area (Å²) >= 11 is 5.83. The van der Waals surface area contributed by atoms with E-state index in [1.807, 2.05) is 18.2 Å². The van der Waals surface area contributed by atoms with E-state index in [0.29, 0.717) is 0 Å². The maximum Gasteiger partial charge on any atom is 0.222 e. The van der Waals surface area contributed by atoms with Crippen LogP contribution >= 0.6 is 11.6 Å². The van der Waals surface area contributed by atoms with E-state index in [9.17, 15) is 0 Å². The Morgan fingerprint density at radius 2 is 2.16 bits per heavy atom. The van der Waals surface area contributed by atoms with Crippen LogP contribution in [-0.2, 0) is 6.54 Å². The van der Waals surface area contributed by atoms with Gasteiger partial charge >= 0.3 is 0 Å². The number of aromatic nitrogens is 3. The summed E-state index contributed by atoms with van der Waals surface area (Å²) in [5.74, 6) is 0. The number of allylic oxidation sites excluding steroid dienone is 1. The Balaban J connectivity index is 2.14. The molecule has 0 amide bonds. The van der Waals surface area contributed by atoms with Crippen LogP contribution in [0.5, 0.6) is 0 Å². The standard InChI is InChI=1S/C15H12ClN3/c1-2-8-19-9-6-11-3-4-12(10-14(11)19)13-5-7-17-15(16)18-13/h2-7,9-10H,1,8H2. The van der Waals surface area contributed by atoms with Gasteiger partial charge in [0.1, 0.15) is 0 Å². The molecule has 0 aliphatic rings. The zero-order valence-electron chi connectivity index (χ0n) is 10.3. The van der Waals surface area contributed by atoms with E-state index < -0.39 is 0 Å². The highest BCUT2D eigenvalue weighted by Gasteiger charge is 2.05. The Hall–Kier alpha value is -2.13. The summed E-state index contributed by atoms with van der Waals surface area (Å²) in [4.78, 5) is 8.14. The normalized spacial score (nSPS) is 10.8. The van der Waals surface area contributed by atoms with Crippen molar-refractivity contribution in [3.63, 3.8) is 0 Å². The van der Waals surface area contributed by atoms with Gasteiger partial charge in [-0.25, -0.2) is 9.97 Å². The fourth-order valence-corrected chi connectivity index (χ4v) is 2.28. The first-order chi connectivity index (χ1) is 9.28. The van der Waals surface area contributed by atoms with Crippen LogP contribution in [0.3, 0.4) is 0 Å². The molecule has 3 nitrogen and oxygen atoms in total. The lowest BCUT2D eigenvalue weighted by Gasteiger charge is -2.04. The fraction of sp³-hybridized carbons (Fsp3) is 0.0667. The molecule has 19 heavy (non-hydrogen) atoms. The van der Waals surface area contributed by atoms with E-state index in [2.05, 4.69) is 45.5 Å². The molecule has 3 rings (SSSR count). The van der Waals surface area contributed by atoms with Gasteiger partial charge in [-0.05, 0) is 35.2 Å². The Morgan fingerprint density at radius 3 is 2.95 bits per heavy atom. The van der Waals surface area contributed by atoms with Crippen LogP contribution in [-0.4, -0.2) is 14.5 Å². The molecule has 2 aromatic heterocycles. The molecule has 2 heterocycles. The highest BCUT2D eigenvalue weighted by Crippen LogP contribution is 2.24. The van der Waals surface area contributed by atoms with Gasteiger partial charge in [-0.1, -0.05) is 18.2 Å². The Labute approximate surface area is 116 Å². The summed E-state index contributed by atoms with van der Waals surface area (Å²) in [5, 5.41) is 1.46. The minimum atomic E-state index is 0.263. The molecule has 0 N–H and O–H groups in total. The molecule has 0 fully saturated rings. The van der Waals surface area contributed by atoms with Crippen LogP contribution in [0.25, 0.3) is 22.2 Å². The molecule has 0 bridgehead atoms. The van der Waals surface area contributed by atoms with Crippen molar-refractivity contribution in [1.82, 2.24) is 14.5 Å². The number of hydrogen-bond donors (Lipinski definition) is 0. The van der Waals surface area contributed by atoms with Gasteiger partial charge in [0.05, 0.1) is 5.69 Å². The summed E-state index contributed by atoms with van der Waals surface area (Å²) in [5.41, 5.74) is 3.02. The second-order valence-electron chi connectivity index (χ2n) is 4.24. The summed E-state index contributed by atoms with van der Waals surface area (Å²) in [6.45, 7) is 4.56. The number of hydrogen-bond acceptors (Lipinski definition) is 2. The molecule has 0 saturated heterocycles. The molecule has 0 saturated carbocycles. The van der Waals surface area contributed by atoms with E-state index >= 15 is 0 Å². The third-order valence-electron chi connectivity index (χ3n) is 3.02. The molecular weight excluding hydrogens is 258 g/mol. The van der Waals surface area contributed by atoms with Crippen LogP contribution in [0.2, 0.25) is 5.28 Å². The van der Waals surface area contributed by atoms with E-state index in [4.69, 9.17) is 11.6 Å². The van der Waals surface area contributed by atoms with Gasteiger partial charge in [0, 0.05) is 30.0 Å². The topological polar surface area (TPSA) is 30.7 Å². The van der Waals surface area contributed by atoms with Crippen molar-refractivity contribution >= 4 is 22.5 Å². The second-order valence-corrected chi connectivity index (χ2v) is 4.58. The largest absolute Gasteiger partial charge is 0.344 e. The first kappa shape index (κ1) is 11.9. The molecule has 1 aromatic carbocycles. The van der Waals surface area contributed by atoms with Crippen molar-refractivity contribution in [3.05, 3.63) is 60.7 Å². The lowest BCUT2D eigenvalue weighted by Crippen LogP contribution is -1.92. The zero-order chi connectivity index (χ0) is 13.2. The average Bonchev–Trinajstić information content (AvgIpc) is 2.82. The van der Waals surface area contributed by atoms with Gasteiger partial charge in [-0.2, -0.15) is 0 Å². The molecule has 0 aliphatic heterocycles. The third kappa shape index (κ3) is 2.25. The predicted molar refractivity (Wildman–Crippen MR) is 78.2 cm³/mol. The van der Waals surface area contributed by atoms with Crippen molar-refractivity contribution < 1.29 is 0 Å². The number of benzene rings is 1. The maximum atomic E-state index is 5.83. The van der Waals surface area contributed by atoms with E-state index in [1.54, 1.807) is 6.20 Å². The number of nitrogens with zero attached hydrogens (tertiary/aromatic N) is 3. The smallest absolute Gasteiger partial charge is 0.222 e. The number of halogens is 1. The van der Waals surface area contributed by atoms with Crippen LogP contribution in [0.4, 0.5) is 0 Å².